The normalized spacial score (nSPS) is 14.4. The third kappa shape index (κ3) is 3.44. The predicted octanol–water partition coefficient (Wildman–Crippen LogP) is 3.07. The molecule has 2 N–H and O–H groups in total. The number of anilines is 2. The van der Waals surface area contributed by atoms with Crippen molar-refractivity contribution in [3.63, 3.8) is 0 Å². The van der Waals surface area contributed by atoms with E-state index in [1.807, 2.05) is 6.07 Å². The molecule has 1 aromatic carbocycles. The summed E-state index contributed by atoms with van der Waals surface area (Å²) in [5, 5.41) is 0. The summed E-state index contributed by atoms with van der Waals surface area (Å²) in [6.07, 6.45) is 2.62. The molecule has 0 heterocycles. The molecule has 0 bridgehead atoms. The van der Waals surface area contributed by atoms with Gasteiger partial charge in [-0.25, -0.2) is 4.79 Å². The van der Waals surface area contributed by atoms with Crippen molar-refractivity contribution in [3.8, 4) is 0 Å². The molecule has 0 saturated heterocycles. The van der Waals surface area contributed by atoms with Crippen LogP contribution < -0.4 is 10.6 Å². The van der Waals surface area contributed by atoms with Crippen LogP contribution in [-0.2, 0) is 4.74 Å². The lowest BCUT2D eigenvalue weighted by atomic mass is 10.1. The van der Waals surface area contributed by atoms with Gasteiger partial charge in [-0.2, -0.15) is 0 Å². The Labute approximate surface area is 120 Å². The highest BCUT2D eigenvalue weighted by Crippen LogP contribution is 2.34. The molecule has 1 aliphatic carbocycles. The third-order valence-corrected chi connectivity index (χ3v) is 3.62. The molecule has 4 nitrogen and oxygen atoms in total. The number of esters is 1. The molecule has 4 heteroatoms. The van der Waals surface area contributed by atoms with E-state index < -0.39 is 0 Å². The van der Waals surface area contributed by atoms with Gasteiger partial charge in [-0.05, 0) is 57.7 Å². The first-order chi connectivity index (χ1) is 9.52. The third-order valence-electron chi connectivity index (χ3n) is 3.62. The summed E-state index contributed by atoms with van der Waals surface area (Å²) < 4.78 is 5.00. The number of carbonyl (C=O) groups excluding carboxylic acids is 1. The van der Waals surface area contributed by atoms with Crippen LogP contribution in [0.1, 0.15) is 44.0 Å². The molecule has 20 heavy (non-hydrogen) atoms. The Morgan fingerprint density at radius 3 is 2.65 bits per heavy atom. The molecule has 1 aromatic rings. The Morgan fingerprint density at radius 2 is 2.15 bits per heavy atom. The number of rotatable bonds is 6. The van der Waals surface area contributed by atoms with E-state index in [4.69, 9.17) is 10.5 Å². The summed E-state index contributed by atoms with van der Waals surface area (Å²) in [6, 6.07) is 5.84. The number of nitrogens with two attached hydrogens (primary N) is 1. The zero-order chi connectivity index (χ0) is 14.7. The Kier molecular flexibility index (Phi) is 4.53. The smallest absolute Gasteiger partial charge is 0.338 e. The fourth-order valence-corrected chi connectivity index (χ4v) is 2.32. The summed E-state index contributed by atoms with van der Waals surface area (Å²) in [4.78, 5) is 14.0. The van der Waals surface area contributed by atoms with Crippen molar-refractivity contribution >= 4 is 17.3 Å². The Morgan fingerprint density at radius 1 is 1.45 bits per heavy atom. The molecule has 0 atom stereocenters. The Bertz CT molecular complexity index is 481. The standard InChI is InChI=1S/C16H24N2O2/c1-4-20-16(19)13-7-8-15(14(17)9-13)18(11(2)3)10-12-5-6-12/h7-9,11-12H,4-6,10,17H2,1-3H3. The number of hydrogen-bond acceptors (Lipinski definition) is 4. The fraction of sp³-hybridized carbons (Fsp3) is 0.562. The lowest BCUT2D eigenvalue weighted by Gasteiger charge is -2.30. The van der Waals surface area contributed by atoms with Gasteiger partial charge in [0.25, 0.3) is 0 Å². The van der Waals surface area contributed by atoms with Gasteiger partial charge in [0.05, 0.1) is 23.5 Å². The molecule has 1 fully saturated rings. The predicted molar refractivity (Wildman–Crippen MR) is 82.0 cm³/mol. The molecule has 1 saturated carbocycles. The van der Waals surface area contributed by atoms with Crippen molar-refractivity contribution < 1.29 is 9.53 Å². The Balaban J connectivity index is 2.20. The molecule has 1 aliphatic rings. The first kappa shape index (κ1) is 14.7. The van der Waals surface area contributed by atoms with Crippen molar-refractivity contribution in [1.29, 1.82) is 0 Å². The minimum absolute atomic E-state index is 0.316. The Hall–Kier alpha value is -1.71. The van der Waals surface area contributed by atoms with Crippen molar-refractivity contribution in [1.82, 2.24) is 0 Å². The zero-order valence-corrected chi connectivity index (χ0v) is 12.6. The van der Waals surface area contributed by atoms with Crippen LogP contribution in [0.3, 0.4) is 0 Å². The summed E-state index contributed by atoms with van der Waals surface area (Å²) in [5.41, 5.74) is 8.31. The molecule has 0 aromatic heterocycles. The van der Waals surface area contributed by atoms with Crippen LogP contribution in [0, 0.1) is 5.92 Å². The second kappa shape index (κ2) is 6.16. The average Bonchev–Trinajstić information content (AvgIpc) is 3.20. The van der Waals surface area contributed by atoms with Crippen LogP contribution in [0.2, 0.25) is 0 Å². The maximum Gasteiger partial charge on any atom is 0.338 e. The molecule has 110 valence electrons. The maximum absolute atomic E-state index is 11.7. The first-order valence-corrected chi connectivity index (χ1v) is 7.36. The van der Waals surface area contributed by atoms with E-state index >= 15 is 0 Å². The van der Waals surface area contributed by atoms with Crippen LogP contribution in [0.5, 0.6) is 0 Å². The van der Waals surface area contributed by atoms with Crippen LogP contribution in [-0.4, -0.2) is 25.2 Å². The van der Waals surface area contributed by atoms with Crippen molar-refractivity contribution in [2.75, 3.05) is 23.8 Å². The van der Waals surface area contributed by atoms with E-state index in [9.17, 15) is 4.79 Å². The first-order valence-electron chi connectivity index (χ1n) is 7.36. The van der Waals surface area contributed by atoms with Gasteiger partial charge in [0, 0.05) is 12.6 Å². The SMILES string of the molecule is CCOC(=O)c1ccc(N(CC2CC2)C(C)C)c(N)c1. The van der Waals surface area contributed by atoms with Crippen LogP contribution in [0.25, 0.3) is 0 Å². The number of nitrogens with zero attached hydrogens (tertiary/aromatic N) is 1. The zero-order valence-electron chi connectivity index (χ0n) is 12.6. The summed E-state index contributed by atoms with van der Waals surface area (Å²) in [5.74, 6) is 0.477. The van der Waals surface area contributed by atoms with E-state index in [0.717, 1.165) is 18.2 Å². The minimum Gasteiger partial charge on any atom is -0.462 e. The monoisotopic (exact) mass is 276 g/mol. The topological polar surface area (TPSA) is 55.6 Å². The number of benzene rings is 1. The van der Waals surface area contributed by atoms with Gasteiger partial charge in [0.1, 0.15) is 0 Å². The van der Waals surface area contributed by atoms with Gasteiger partial charge >= 0.3 is 5.97 Å². The van der Waals surface area contributed by atoms with Gasteiger partial charge in [-0.15, -0.1) is 0 Å². The summed E-state index contributed by atoms with van der Waals surface area (Å²) >= 11 is 0. The van der Waals surface area contributed by atoms with Crippen molar-refractivity contribution in [2.45, 2.75) is 39.7 Å². The van der Waals surface area contributed by atoms with Gasteiger partial charge in [-0.3, -0.25) is 0 Å². The second-order valence-corrected chi connectivity index (χ2v) is 5.68. The van der Waals surface area contributed by atoms with Gasteiger partial charge in [-0.1, -0.05) is 0 Å². The number of ether oxygens (including phenoxy) is 1. The minimum atomic E-state index is -0.316. The summed E-state index contributed by atoms with van der Waals surface area (Å²) in [6.45, 7) is 7.55. The highest BCUT2D eigenvalue weighted by Gasteiger charge is 2.26. The molecule has 2 rings (SSSR count). The molecule has 0 unspecified atom stereocenters. The van der Waals surface area contributed by atoms with E-state index in [1.54, 1.807) is 19.1 Å². The van der Waals surface area contributed by atoms with Crippen LogP contribution in [0.15, 0.2) is 18.2 Å². The summed E-state index contributed by atoms with van der Waals surface area (Å²) in [7, 11) is 0. The van der Waals surface area contributed by atoms with E-state index in [-0.39, 0.29) is 5.97 Å². The highest BCUT2D eigenvalue weighted by molar-refractivity contribution is 5.92. The maximum atomic E-state index is 11.7. The quantitative estimate of drug-likeness (QED) is 0.641. The number of hydrogen-bond donors (Lipinski definition) is 1. The van der Waals surface area contributed by atoms with E-state index in [1.165, 1.54) is 12.8 Å². The van der Waals surface area contributed by atoms with Gasteiger partial charge in [0.2, 0.25) is 0 Å². The molecule has 0 aliphatic heterocycles. The van der Waals surface area contributed by atoms with Crippen LogP contribution >= 0.6 is 0 Å². The largest absolute Gasteiger partial charge is 0.462 e. The lowest BCUT2D eigenvalue weighted by Crippen LogP contribution is -2.33. The van der Waals surface area contributed by atoms with E-state index in [2.05, 4.69) is 18.7 Å². The van der Waals surface area contributed by atoms with Crippen molar-refractivity contribution in [3.05, 3.63) is 23.8 Å². The number of carbonyl (C=O) groups is 1. The van der Waals surface area contributed by atoms with Gasteiger partial charge < -0.3 is 15.4 Å². The molecular formula is C16H24N2O2. The fourth-order valence-electron chi connectivity index (χ4n) is 2.32. The molecule has 0 amide bonds. The average molecular weight is 276 g/mol. The highest BCUT2D eigenvalue weighted by atomic mass is 16.5. The number of nitrogen functional groups attached to an aromatic ring is 1. The molecule has 0 radical (unpaired) electrons. The molecule has 0 spiro atoms. The van der Waals surface area contributed by atoms with Crippen LogP contribution in [0.4, 0.5) is 11.4 Å². The van der Waals surface area contributed by atoms with Gasteiger partial charge in [0.15, 0.2) is 0 Å². The van der Waals surface area contributed by atoms with E-state index in [0.29, 0.717) is 23.9 Å². The second-order valence-electron chi connectivity index (χ2n) is 5.68. The van der Waals surface area contributed by atoms with Crippen molar-refractivity contribution in [2.24, 2.45) is 5.92 Å². The molecular weight excluding hydrogens is 252 g/mol. The lowest BCUT2D eigenvalue weighted by molar-refractivity contribution is 0.0526.